The summed E-state index contributed by atoms with van der Waals surface area (Å²) in [5.41, 5.74) is 0. The molecule has 1 saturated carbocycles. The van der Waals surface area contributed by atoms with Crippen LogP contribution in [0.15, 0.2) is 0 Å². The number of rotatable bonds is 3. The van der Waals surface area contributed by atoms with Crippen molar-refractivity contribution in [2.75, 3.05) is 7.11 Å². The number of methoxy groups -OCH3 is 1. The number of carbonyl (C=O) groups is 2. The summed E-state index contributed by atoms with van der Waals surface area (Å²) in [4.78, 5) is 23.2. The highest BCUT2D eigenvalue weighted by atomic mass is 16.5. The number of alkyl carbamates (subject to hydrolysis) is 1. The summed E-state index contributed by atoms with van der Waals surface area (Å²) in [6.45, 7) is 3.82. The Morgan fingerprint density at radius 1 is 1.25 bits per heavy atom. The lowest BCUT2D eigenvalue weighted by Crippen LogP contribution is -2.46. The van der Waals surface area contributed by atoms with Gasteiger partial charge in [-0.1, -0.05) is 26.7 Å². The highest BCUT2D eigenvalue weighted by molar-refractivity contribution is 5.84. The van der Waals surface area contributed by atoms with Crippen molar-refractivity contribution in [1.29, 1.82) is 0 Å². The topological polar surface area (TPSA) is 55.4 Å². The Hall–Kier alpha value is -1.06. The number of hydrogen-bond acceptors (Lipinski definition) is 3. The van der Waals surface area contributed by atoms with Crippen LogP contribution in [0, 0.1) is 11.8 Å². The molecule has 1 rings (SSSR count). The van der Waals surface area contributed by atoms with E-state index in [0.717, 1.165) is 25.7 Å². The van der Waals surface area contributed by atoms with Crippen molar-refractivity contribution in [3.05, 3.63) is 0 Å². The largest absolute Gasteiger partial charge is 0.453 e. The standard InChI is InChI=1S/C12H21NO3/c1-8(2)11(14)9-6-4-5-7-10(9)13-12(15)16-3/h8-10H,4-7H2,1-3H3,(H,13,15)/t9?,10-/m1/s1. The van der Waals surface area contributed by atoms with Crippen LogP contribution in [0.3, 0.4) is 0 Å². The first-order chi connectivity index (χ1) is 7.56. The van der Waals surface area contributed by atoms with E-state index in [9.17, 15) is 9.59 Å². The van der Waals surface area contributed by atoms with Crippen molar-refractivity contribution in [1.82, 2.24) is 5.32 Å². The molecule has 1 N–H and O–H groups in total. The maximum Gasteiger partial charge on any atom is 0.407 e. The monoisotopic (exact) mass is 227 g/mol. The van der Waals surface area contributed by atoms with Crippen molar-refractivity contribution in [2.45, 2.75) is 45.6 Å². The van der Waals surface area contributed by atoms with Gasteiger partial charge in [0.1, 0.15) is 5.78 Å². The second-order valence-corrected chi connectivity index (χ2v) is 4.69. The molecule has 92 valence electrons. The number of carbonyl (C=O) groups excluding carboxylic acids is 2. The van der Waals surface area contributed by atoms with E-state index < -0.39 is 6.09 Å². The third kappa shape index (κ3) is 3.22. The van der Waals surface area contributed by atoms with Crippen LogP contribution >= 0.6 is 0 Å². The van der Waals surface area contributed by atoms with Gasteiger partial charge in [0.05, 0.1) is 7.11 Å². The van der Waals surface area contributed by atoms with Crippen LogP contribution in [0.1, 0.15) is 39.5 Å². The van der Waals surface area contributed by atoms with Gasteiger partial charge in [0.15, 0.2) is 0 Å². The van der Waals surface area contributed by atoms with E-state index in [1.807, 2.05) is 13.8 Å². The quantitative estimate of drug-likeness (QED) is 0.803. The minimum absolute atomic E-state index is 0.0325. The maximum absolute atomic E-state index is 12.0. The molecule has 0 saturated heterocycles. The summed E-state index contributed by atoms with van der Waals surface area (Å²) in [5, 5.41) is 2.77. The van der Waals surface area contributed by atoms with E-state index in [-0.39, 0.29) is 23.7 Å². The smallest absolute Gasteiger partial charge is 0.407 e. The lowest BCUT2D eigenvalue weighted by Gasteiger charge is -2.31. The molecule has 0 heterocycles. The SMILES string of the molecule is COC(=O)N[C@@H]1CCCCC1C(=O)C(C)C. The molecule has 2 atom stereocenters. The van der Waals surface area contributed by atoms with Gasteiger partial charge in [-0.05, 0) is 12.8 Å². The summed E-state index contributed by atoms with van der Waals surface area (Å²) in [6.07, 6.45) is 3.46. The van der Waals surface area contributed by atoms with E-state index >= 15 is 0 Å². The fourth-order valence-corrected chi connectivity index (χ4v) is 2.28. The zero-order chi connectivity index (χ0) is 12.1. The Morgan fingerprint density at radius 3 is 2.44 bits per heavy atom. The van der Waals surface area contributed by atoms with Crippen LogP contribution in [0.5, 0.6) is 0 Å². The highest BCUT2D eigenvalue weighted by Crippen LogP contribution is 2.27. The Morgan fingerprint density at radius 2 is 1.88 bits per heavy atom. The normalized spacial score (nSPS) is 25.2. The summed E-state index contributed by atoms with van der Waals surface area (Å²) in [5.74, 6) is 0.249. The van der Waals surface area contributed by atoms with E-state index in [1.165, 1.54) is 7.11 Å². The summed E-state index contributed by atoms with van der Waals surface area (Å²) >= 11 is 0. The molecule has 0 radical (unpaired) electrons. The number of hydrogen-bond donors (Lipinski definition) is 1. The first-order valence-electron chi connectivity index (χ1n) is 5.94. The fourth-order valence-electron chi connectivity index (χ4n) is 2.28. The Balaban J connectivity index is 2.63. The van der Waals surface area contributed by atoms with Gasteiger partial charge >= 0.3 is 6.09 Å². The van der Waals surface area contributed by atoms with Gasteiger partial charge in [-0.25, -0.2) is 4.79 Å². The minimum atomic E-state index is -0.437. The van der Waals surface area contributed by atoms with Gasteiger partial charge < -0.3 is 10.1 Å². The van der Waals surface area contributed by atoms with Crippen molar-refractivity contribution < 1.29 is 14.3 Å². The number of Topliss-reactive ketones (excluding diaryl/α,β-unsaturated/α-hetero) is 1. The van der Waals surface area contributed by atoms with Gasteiger partial charge in [0.25, 0.3) is 0 Å². The van der Waals surface area contributed by atoms with Gasteiger partial charge in [-0.3, -0.25) is 4.79 Å². The van der Waals surface area contributed by atoms with Gasteiger partial charge in [0.2, 0.25) is 0 Å². The van der Waals surface area contributed by atoms with Crippen molar-refractivity contribution >= 4 is 11.9 Å². The molecular formula is C12H21NO3. The van der Waals surface area contributed by atoms with Crippen LogP contribution in [0.4, 0.5) is 4.79 Å². The number of ether oxygens (including phenoxy) is 1. The Bertz CT molecular complexity index is 263. The Kier molecular flexibility index (Phi) is 4.77. The first-order valence-corrected chi connectivity index (χ1v) is 5.94. The van der Waals surface area contributed by atoms with Gasteiger partial charge in [0, 0.05) is 17.9 Å². The molecular weight excluding hydrogens is 206 g/mol. The van der Waals surface area contributed by atoms with Crippen molar-refractivity contribution in [3.63, 3.8) is 0 Å². The molecule has 4 nitrogen and oxygen atoms in total. The molecule has 4 heteroatoms. The third-order valence-corrected chi connectivity index (χ3v) is 3.19. The van der Waals surface area contributed by atoms with Crippen LogP contribution in [-0.4, -0.2) is 25.0 Å². The fraction of sp³-hybridized carbons (Fsp3) is 0.833. The lowest BCUT2D eigenvalue weighted by molar-refractivity contribution is -0.127. The Labute approximate surface area is 96.7 Å². The van der Waals surface area contributed by atoms with E-state index in [0.29, 0.717) is 0 Å². The molecule has 0 aliphatic heterocycles. The average Bonchev–Trinajstić information content (AvgIpc) is 2.28. The van der Waals surface area contributed by atoms with E-state index in [2.05, 4.69) is 10.1 Å². The lowest BCUT2D eigenvalue weighted by atomic mass is 9.79. The predicted molar refractivity (Wildman–Crippen MR) is 61.1 cm³/mol. The molecule has 0 bridgehead atoms. The predicted octanol–water partition coefficient (Wildman–Crippen LogP) is 2.13. The molecule has 1 fully saturated rings. The molecule has 1 amide bonds. The van der Waals surface area contributed by atoms with Gasteiger partial charge in [-0.2, -0.15) is 0 Å². The summed E-state index contributed by atoms with van der Waals surface area (Å²) < 4.78 is 4.58. The maximum atomic E-state index is 12.0. The van der Waals surface area contributed by atoms with Gasteiger partial charge in [-0.15, -0.1) is 0 Å². The van der Waals surface area contributed by atoms with Crippen LogP contribution in [-0.2, 0) is 9.53 Å². The van der Waals surface area contributed by atoms with E-state index in [1.54, 1.807) is 0 Å². The molecule has 1 unspecified atom stereocenters. The molecule has 16 heavy (non-hydrogen) atoms. The van der Waals surface area contributed by atoms with E-state index in [4.69, 9.17) is 0 Å². The molecule has 1 aliphatic carbocycles. The zero-order valence-electron chi connectivity index (χ0n) is 10.3. The zero-order valence-corrected chi connectivity index (χ0v) is 10.3. The second kappa shape index (κ2) is 5.87. The van der Waals surface area contributed by atoms with Crippen molar-refractivity contribution in [3.8, 4) is 0 Å². The second-order valence-electron chi connectivity index (χ2n) is 4.69. The summed E-state index contributed by atoms with van der Waals surface area (Å²) in [7, 11) is 1.34. The molecule has 0 spiro atoms. The minimum Gasteiger partial charge on any atom is -0.453 e. The van der Waals surface area contributed by atoms with Crippen LogP contribution in [0.25, 0.3) is 0 Å². The molecule has 0 aromatic rings. The summed E-state index contributed by atoms with van der Waals surface area (Å²) in [6, 6.07) is -0.0453. The van der Waals surface area contributed by atoms with Crippen molar-refractivity contribution in [2.24, 2.45) is 11.8 Å². The van der Waals surface area contributed by atoms with Crippen LogP contribution in [0.2, 0.25) is 0 Å². The number of ketones is 1. The number of nitrogens with one attached hydrogen (secondary N) is 1. The molecule has 0 aromatic heterocycles. The molecule has 0 aromatic carbocycles. The average molecular weight is 227 g/mol. The number of amides is 1. The highest BCUT2D eigenvalue weighted by Gasteiger charge is 2.32. The third-order valence-electron chi connectivity index (χ3n) is 3.19. The van der Waals surface area contributed by atoms with Crippen LogP contribution < -0.4 is 5.32 Å². The molecule has 1 aliphatic rings. The first kappa shape index (κ1) is 13.0.